The van der Waals surface area contributed by atoms with Crippen molar-refractivity contribution in [1.82, 2.24) is 5.32 Å². The Bertz CT molecular complexity index is 1600. The van der Waals surface area contributed by atoms with Gasteiger partial charge in [-0.05, 0) is 77.9 Å². The van der Waals surface area contributed by atoms with Crippen molar-refractivity contribution in [1.29, 1.82) is 0 Å². The second kappa shape index (κ2) is 13.8. The van der Waals surface area contributed by atoms with Crippen LogP contribution in [0.25, 0.3) is 0 Å². The number of hydrogen-bond acceptors (Lipinski definition) is 5. The predicted molar refractivity (Wildman–Crippen MR) is 167 cm³/mol. The maximum absolute atomic E-state index is 14.5. The first kappa shape index (κ1) is 30.8. The molecule has 1 aliphatic heterocycles. The molecule has 4 aromatic carbocycles. The number of aliphatic hydroxyl groups is 1. The number of carbonyl (C=O) groups is 1. The van der Waals surface area contributed by atoms with Crippen LogP contribution in [0.5, 0.6) is 5.75 Å². The third-order valence-electron chi connectivity index (χ3n) is 7.04. The first-order chi connectivity index (χ1) is 20.8. The topological polar surface area (TPSA) is 80.2 Å². The largest absolute Gasteiger partial charge is 0.494 e. The molecule has 6 nitrogen and oxygen atoms in total. The molecule has 0 saturated heterocycles. The number of benzene rings is 4. The second-order valence-corrected chi connectivity index (χ2v) is 11.9. The van der Waals surface area contributed by atoms with E-state index < -0.39 is 29.2 Å². The molecule has 2 atom stereocenters. The molecule has 10 heteroatoms. The summed E-state index contributed by atoms with van der Waals surface area (Å²) in [7, 11) is 0. The summed E-state index contributed by atoms with van der Waals surface area (Å²) in [5.74, 6) is -0.834. The Morgan fingerprint density at radius 1 is 0.953 bits per heavy atom. The Balaban J connectivity index is 1.56. The zero-order chi connectivity index (χ0) is 30.4. The predicted octanol–water partition coefficient (Wildman–Crippen LogP) is 7.07. The van der Waals surface area contributed by atoms with Crippen LogP contribution < -0.4 is 10.1 Å². The third-order valence-corrected chi connectivity index (χ3v) is 8.09. The summed E-state index contributed by atoms with van der Waals surface area (Å²) in [6.07, 6.45) is -0.152. The van der Waals surface area contributed by atoms with E-state index in [2.05, 4.69) is 37.2 Å². The fourth-order valence-electron chi connectivity index (χ4n) is 4.84. The Hall–Kier alpha value is -3.60. The monoisotopic (exact) mass is 712 g/mol. The molecule has 0 radical (unpaired) electrons. The Morgan fingerprint density at radius 2 is 1.63 bits per heavy atom. The Labute approximate surface area is 265 Å². The van der Waals surface area contributed by atoms with Crippen LogP contribution in [0, 0.1) is 11.6 Å². The zero-order valence-electron chi connectivity index (χ0n) is 22.9. The van der Waals surface area contributed by atoms with Gasteiger partial charge in [0.15, 0.2) is 11.6 Å². The minimum atomic E-state index is -1.49. The van der Waals surface area contributed by atoms with Crippen LogP contribution in [0.2, 0.25) is 0 Å². The fourth-order valence-corrected chi connectivity index (χ4v) is 5.37. The first-order valence-electron chi connectivity index (χ1n) is 13.6. The molecule has 0 spiro atoms. The number of ether oxygens (including phenoxy) is 2. The number of halogens is 4. The number of aliphatic imine (C=N–C) groups is 1. The van der Waals surface area contributed by atoms with Crippen molar-refractivity contribution < 1.29 is 28.2 Å². The Morgan fingerprint density at radius 3 is 2.30 bits per heavy atom. The van der Waals surface area contributed by atoms with E-state index in [0.717, 1.165) is 38.3 Å². The molecule has 5 rings (SSSR count). The molecule has 0 aromatic heterocycles. The lowest BCUT2D eigenvalue weighted by Gasteiger charge is -2.31. The van der Waals surface area contributed by atoms with Crippen LogP contribution in [0.3, 0.4) is 0 Å². The molecule has 0 aliphatic carbocycles. The van der Waals surface area contributed by atoms with Crippen molar-refractivity contribution in [2.45, 2.75) is 31.0 Å². The lowest BCUT2D eigenvalue weighted by Crippen LogP contribution is -2.49. The van der Waals surface area contributed by atoms with E-state index in [1.165, 1.54) is 0 Å². The van der Waals surface area contributed by atoms with Gasteiger partial charge in [-0.3, -0.25) is 4.79 Å². The molecule has 1 aliphatic rings. The van der Waals surface area contributed by atoms with E-state index in [0.29, 0.717) is 24.3 Å². The smallest absolute Gasteiger partial charge is 0.252 e. The van der Waals surface area contributed by atoms with Crippen LogP contribution in [-0.4, -0.2) is 35.7 Å². The molecule has 43 heavy (non-hydrogen) atoms. The molecule has 0 unspecified atom stereocenters. The van der Waals surface area contributed by atoms with Crippen molar-refractivity contribution in [3.8, 4) is 5.75 Å². The highest BCUT2D eigenvalue weighted by atomic mass is 79.9. The van der Waals surface area contributed by atoms with Gasteiger partial charge in [0.25, 0.3) is 5.91 Å². The number of nitrogens with zero attached hydrogens (tertiary/aromatic N) is 1. The number of carbonyl (C=O) groups excluding carboxylic acids is 1. The summed E-state index contributed by atoms with van der Waals surface area (Å²) in [5.41, 5.74) is 0.719. The number of rotatable bonds is 11. The van der Waals surface area contributed by atoms with Gasteiger partial charge in [0.2, 0.25) is 5.90 Å². The third kappa shape index (κ3) is 7.31. The summed E-state index contributed by atoms with van der Waals surface area (Å²) >= 11 is 6.93. The van der Waals surface area contributed by atoms with Crippen LogP contribution in [0.4, 0.5) is 8.78 Å². The van der Waals surface area contributed by atoms with Crippen molar-refractivity contribution in [2.24, 2.45) is 4.99 Å². The van der Waals surface area contributed by atoms with Crippen molar-refractivity contribution in [2.75, 3.05) is 13.2 Å². The van der Waals surface area contributed by atoms with E-state index in [9.17, 15) is 13.6 Å². The number of nitrogens with one attached hydrogen (secondary N) is 1. The molecular weight excluding hydrogens is 686 g/mol. The lowest BCUT2D eigenvalue weighted by atomic mass is 9.82. The van der Waals surface area contributed by atoms with Crippen LogP contribution in [0.1, 0.15) is 34.8 Å². The van der Waals surface area contributed by atoms with E-state index in [1.54, 1.807) is 24.3 Å². The molecule has 1 amide bonds. The van der Waals surface area contributed by atoms with Gasteiger partial charge in [-0.1, -0.05) is 56.1 Å². The molecule has 0 saturated carbocycles. The number of aliphatic hydroxyl groups excluding tert-OH is 1. The normalized spacial score (nSPS) is 17.7. The summed E-state index contributed by atoms with van der Waals surface area (Å²) in [6, 6.07) is 25.3. The summed E-state index contributed by atoms with van der Waals surface area (Å²) < 4.78 is 42.3. The van der Waals surface area contributed by atoms with Crippen molar-refractivity contribution >= 4 is 43.7 Å². The van der Waals surface area contributed by atoms with Gasteiger partial charge in [-0.2, -0.15) is 0 Å². The van der Waals surface area contributed by atoms with Gasteiger partial charge in [0.1, 0.15) is 17.4 Å². The molecule has 2 N–H and O–H groups in total. The molecular formula is C33H28Br2F2N2O4. The van der Waals surface area contributed by atoms with Gasteiger partial charge in [0, 0.05) is 46.1 Å². The maximum Gasteiger partial charge on any atom is 0.252 e. The average molecular weight is 714 g/mol. The minimum absolute atomic E-state index is 0.0206. The molecule has 222 valence electrons. The van der Waals surface area contributed by atoms with Gasteiger partial charge in [-0.25, -0.2) is 13.8 Å². The summed E-state index contributed by atoms with van der Waals surface area (Å²) in [5, 5.41) is 11.8. The molecule has 0 fully saturated rings. The summed E-state index contributed by atoms with van der Waals surface area (Å²) in [6.45, 7) is 0.179. The van der Waals surface area contributed by atoms with Crippen molar-refractivity contribution in [3.05, 3.63) is 134 Å². The van der Waals surface area contributed by atoms with E-state index in [-0.39, 0.29) is 31.0 Å². The van der Waals surface area contributed by atoms with Crippen LogP contribution in [0.15, 0.2) is 105 Å². The summed E-state index contributed by atoms with van der Waals surface area (Å²) in [4.78, 5) is 19.2. The van der Waals surface area contributed by atoms with Crippen molar-refractivity contribution in [3.63, 3.8) is 0 Å². The quantitative estimate of drug-likeness (QED) is 0.163. The van der Waals surface area contributed by atoms with Gasteiger partial charge in [-0.15, -0.1) is 0 Å². The minimum Gasteiger partial charge on any atom is -0.494 e. The highest BCUT2D eigenvalue weighted by Crippen LogP contribution is 2.43. The number of amides is 1. The zero-order valence-corrected chi connectivity index (χ0v) is 26.1. The SMILES string of the molecule is O=C(NCc1cc(F)ccc1F)[C@]1(Cc2ccc(Br)cc2)N=C(c2ccc(OCCCO)cc2)O[C@@H]1c1ccc(Br)cc1. The van der Waals surface area contributed by atoms with Gasteiger partial charge in [0.05, 0.1) is 6.61 Å². The lowest BCUT2D eigenvalue weighted by molar-refractivity contribution is -0.129. The standard InChI is InChI=1S/C33H28Br2F2N2O4/c34-25-8-2-21(3-9-25)19-33(32(41)38-20-24-18-27(36)12-15-29(24)37)30(22-4-10-26(35)11-5-22)43-31(39-33)23-6-13-28(14-7-23)42-17-1-16-40/h2-15,18,30,40H,1,16-17,19-20H2,(H,38,41)/t30-,33-/m1/s1. The molecule has 0 bridgehead atoms. The molecule has 1 heterocycles. The van der Waals surface area contributed by atoms with Crippen LogP contribution in [-0.2, 0) is 22.5 Å². The van der Waals surface area contributed by atoms with E-state index in [1.807, 2.05) is 48.5 Å². The van der Waals surface area contributed by atoms with E-state index >= 15 is 0 Å². The first-order valence-corrected chi connectivity index (χ1v) is 15.2. The van der Waals surface area contributed by atoms with E-state index in [4.69, 9.17) is 19.6 Å². The Kier molecular flexibility index (Phi) is 9.90. The highest BCUT2D eigenvalue weighted by molar-refractivity contribution is 9.10. The highest BCUT2D eigenvalue weighted by Gasteiger charge is 2.53. The molecule has 4 aromatic rings. The van der Waals surface area contributed by atoms with Gasteiger partial charge < -0.3 is 19.9 Å². The second-order valence-electron chi connectivity index (χ2n) is 10.1. The van der Waals surface area contributed by atoms with Crippen LogP contribution >= 0.6 is 31.9 Å². The average Bonchev–Trinajstić information content (AvgIpc) is 3.40. The maximum atomic E-state index is 14.5. The van der Waals surface area contributed by atoms with Gasteiger partial charge >= 0.3 is 0 Å². The fraction of sp³-hybridized carbons (Fsp3) is 0.212. The number of hydrogen-bond donors (Lipinski definition) is 2.